The first-order valence-electron chi connectivity index (χ1n) is 4.53. The Labute approximate surface area is 78.6 Å². The average Bonchev–Trinajstić information content (AvgIpc) is 2.21. The quantitative estimate of drug-likeness (QED) is 0.613. The van der Waals surface area contributed by atoms with Crippen LogP contribution in [0.25, 0.3) is 10.8 Å². The van der Waals surface area contributed by atoms with Crippen LogP contribution < -0.4 is 0 Å². The predicted octanol–water partition coefficient (Wildman–Crippen LogP) is 2.96. The molecule has 0 unspecified atom stereocenters. The summed E-state index contributed by atoms with van der Waals surface area (Å²) in [5.74, 6) is 0. The molecule has 0 aliphatic rings. The second-order valence-electron chi connectivity index (χ2n) is 2.62. The summed E-state index contributed by atoms with van der Waals surface area (Å²) in [4.78, 5) is 0. The van der Waals surface area contributed by atoms with Gasteiger partial charge in [-0.15, -0.1) is 0 Å². The van der Waals surface area contributed by atoms with Crippen LogP contribution in [-0.4, -0.2) is 10.2 Å². The number of benzene rings is 1. The van der Waals surface area contributed by atoms with Gasteiger partial charge in [-0.1, -0.05) is 31.5 Å². The fourth-order valence-corrected chi connectivity index (χ4v) is 1.11. The van der Waals surface area contributed by atoms with Gasteiger partial charge in [0.25, 0.3) is 0 Å². The van der Waals surface area contributed by atoms with Crippen LogP contribution in [0.3, 0.4) is 0 Å². The summed E-state index contributed by atoms with van der Waals surface area (Å²) in [7, 11) is 0. The summed E-state index contributed by atoms with van der Waals surface area (Å²) in [6, 6.07) is 6.23. The topological polar surface area (TPSA) is 25.8 Å². The lowest BCUT2D eigenvalue weighted by atomic mass is 10.1. The van der Waals surface area contributed by atoms with E-state index >= 15 is 0 Å². The highest BCUT2D eigenvalue weighted by Gasteiger charge is 1.91. The van der Waals surface area contributed by atoms with E-state index in [0.29, 0.717) is 0 Å². The lowest BCUT2D eigenvalue weighted by Gasteiger charge is -1.95. The van der Waals surface area contributed by atoms with Gasteiger partial charge in [-0.2, -0.15) is 10.2 Å². The normalized spacial score (nSPS) is 9.15. The van der Waals surface area contributed by atoms with Gasteiger partial charge in [-0.3, -0.25) is 0 Å². The van der Waals surface area contributed by atoms with Gasteiger partial charge in [0.1, 0.15) is 0 Å². The van der Waals surface area contributed by atoms with Crippen LogP contribution in [0, 0.1) is 6.92 Å². The summed E-state index contributed by atoms with van der Waals surface area (Å²) >= 11 is 0. The van der Waals surface area contributed by atoms with E-state index in [4.69, 9.17) is 0 Å². The molecule has 0 bridgehead atoms. The highest BCUT2D eigenvalue weighted by atomic mass is 15.1. The van der Waals surface area contributed by atoms with Crippen molar-refractivity contribution >= 4 is 10.8 Å². The van der Waals surface area contributed by atoms with E-state index in [1.165, 1.54) is 5.56 Å². The summed E-state index contributed by atoms with van der Waals surface area (Å²) < 4.78 is 0. The average molecular weight is 174 g/mol. The molecule has 1 aromatic carbocycles. The monoisotopic (exact) mass is 174 g/mol. The Morgan fingerprint density at radius 3 is 2.23 bits per heavy atom. The van der Waals surface area contributed by atoms with Crippen molar-refractivity contribution in [3.63, 3.8) is 0 Å². The maximum atomic E-state index is 3.80. The highest BCUT2D eigenvalue weighted by molar-refractivity contribution is 5.81. The Bertz CT molecular complexity index is 383. The van der Waals surface area contributed by atoms with Crippen LogP contribution in [0.15, 0.2) is 30.6 Å². The van der Waals surface area contributed by atoms with E-state index in [1.807, 2.05) is 13.8 Å². The fourth-order valence-electron chi connectivity index (χ4n) is 1.11. The Kier molecular flexibility index (Phi) is 3.38. The molecule has 0 N–H and O–H groups in total. The van der Waals surface area contributed by atoms with Crippen LogP contribution in [0.4, 0.5) is 0 Å². The van der Waals surface area contributed by atoms with E-state index in [1.54, 1.807) is 12.4 Å². The first kappa shape index (κ1) is 9.65. The van der Waals surface area contributed by atoms with Gasteiger partial charge in [-0.05, 0) is 13.0 Å². The maximum Gasteiger partial charge on any atom is 0.0574 e. The van der Waals surface area contributed by atoms with Crippen molar-refractivity contribution < 1.29 is 0 Å². The third kappa shape index (κ3) is 2.25. The van der Waals surface area contributed by atoms with Crippen LogP contribution in [0.5, 0.6) is 0 Å². The van der Waals surface area contributed by atoms with Gasteiger partial charge in [0.05, 0.1) is 12.4 Å². The van der Waals surface area contributed by atoms with Crippen molar-refractivity contribution in [2.75, 3.05) is 0 Å². The number of hydrogen-bond donors (Lipinski definition) is 0. The second kappa shape index (κ2) is 4.55. The molecule has 0 saturated heterocycles. The van der Waals surface area contributed by atoms with Crippen molar-refractivity contribution in [1.29, 1.82) is 0 Å². The maximum absolute atomic E-state index is 3.80. The summed E-state index contributed by atoms with van der Waals surface area (Å²) in [5.41, 5.74) is 1.26. The number of aryl methyl sites for hydroxylation is 1. The van der Waals surface area contributed by atoms with Crippen molar-refractivity contribution in [1.82, 2.24) is 10.2 Å². The lowest BCUT2D eigenvalue weighted by molar-refractivity contribution is 1.05. The Morgan fingerprint density at radius 2 is 1.54 bits per heavy atom. The van der Waals surface area contributed by atoms with E-state index < -0.39 is 0 Å². The SMILES string of the molecule is CC.Cc1ccc2cnncc2c1. The zero-order valence-electron chi connectivity index (χ0n) is 8.28. The van der Waals surface area contributed by atoms with Crippen molar-refractivity contribution in [3.8, 4) is 0 Å². The molecule has 13 heavy (non-hydrogen) atoms. The minimum absolute atomic E-state index is 1.14. The molecule has 2 nitrogen and oxygen atoms in total. The molecule has 1 aromatic heterocycles. The molecule has 0 aliphatic carbocycles. The third-order valence-electron chi connectivity index (χ3n) is 1.70. The molecule has 0 aliphatic heterocycles. The molecule has 1 heterocycles. The molecule has 0 radical (unpaired) electrons. The molecule has 2 heteroatoms. The molecule has 0 spiro atoms. The molecule has 0 atom stereocenters. The minimum atomic E-state index is 1.14. The van der Waals surface area contributed by atoms with Crippen LogP contribution in [0.1, 0.15) is 19.4 Å². The van der Waals surface area contributed by atoms with E-state index in [9.17, 15) is 0 Å². The van der Waals surface area contributed by atoms with Gasteiger partial charge in [0.2, 0.25) is 0 Å². The molecular weight excluding hydrogens is 160 g/mol. The number of rotatable bonds is 0. The zero-order chi connectivity index (χ0) is 9.68. The summed E-state index contributed by atoms with van der Waals surface area (Å²) in [6.45, 7) is 6.07. The molecule has 0 saturated carbocycles. The largest absolute Gasteiger partial charge is 0.158 e. The molecule has 2 aromatic rings. The summed E-state index contributed by atoms with van der Waals surface area (Å²) in [6.07, 6.45) is 3.55. The van der Waals surface area contributed by atoms with Crippen molar-refractivity contribution in [2.45, 2.75) is 20.8 Å². The smallest absolute Gasteiger partial charge is 0.0574 e. The zero-order valence-corrected chi connectivity index (χ0v) is 8.28. The molecule has 0 amide bonds. The van der Waals surface area contributed by atoms with Crippen LogP contribution in [0.2, 0.25) is 0 Å². The number of nitrogens with zero attached hydrogens (tertiary/aromatic N) is 2. The minimum Gasteiger partial charge on any atom is -0.158 e. The van der Waals surface area contributed by atoms with Gasteiger partial charge >= 0.3 is 0 Å². The first-order chi connectivity index (χ1) is 6.36. The van der Waals surface area contributed by atoms with E-state index in [0.717, 1.165) is 10.8 Å². The molecule has 2 rings (SSSR count). The molecule has 0 fully saturated rings. The standard InChI is InChI=1S/C9H8N2.C2H6/c1-7-2-3-8-5-10-11-6-9(8)4-7;1-2/h2-6H,1H3;1-2H3. The van der Waals surface area contributed by atoms with E-state index in [2.05, 4.69) is 35.3 Å². The van der Waals surface area contributed by atoms with Crippen molar-refractivity contribution in [2.24, 2.45) is 0 Å². The predicted molar refractivity (Wildman–Crippen MR) is 55.6 cm³/mol. The van der Waals surface area contributed by atoms with E-state index in [-0.39, 0.29) is 0 Å². The molecular formula is C11H14N2. The van der Waals surface area contributed by atoms with Gasteiger partial charge in [-0.25, -0.2) is 0 Å². The van der Waals surface area contributed by atoms with Crippen LogP contribution in [-0.2, 0) is 0 Å². The first-order valence-corrected chi connectivity index (χ1v) is 4.53. The van der Waals surface area contributed by atoms with Crippen molar-refractivity contribution in [3.05, 3.63) is 36.2 Å². The number of hydrogen-bond acceptors (Lipinski definition) is 2. The Hall–Kier alpha value is -1.44. The number of fused-ring (bicyclic) bond motifs is 1. The second-order valence-corrected chi connectivity index (χ2v) is 2.62. The Balaban J connectivity index is 0.000000396. The van der Waals surface area contributed by atoms with Crippen LogP contribution >= 0.6 is 0 Å². The molecule has 68 valence electrons. The van der Waals surface area contributed by atoms with Gasteiger partial charge in [0.15, 0.2) is 0 Å². The third-order valence-corrected chi connectivity index (χ3v) is 1.70. The number of aromatic nitrogens is 2. The van der Waals surface area contributed by atoms with Gasteiger partial charge in [0, 0.05) is 10.8 Å². The van der Waals surface area contributed by atoms with Gasteiger partial charge < -0.3 is 0 Å². The Morgan fingerprint density at radius 1 is 0.923 bits per heavy atom. The highest BCUT2D eigenvalue weighted by Crippen LogP contribution is 2.11. The fraction of sp³-hybridized carbons (Fsp3) is 0.273. The summed E-state index contributed by atoms with van der Waals surface area (Å²) in [5, 5.41) is 9.89. The lowest BCUT2D eigenvalue weighted by Crippen LogP contribution is -1.80.